The Hall–Kier alpha value is -4.06. The molecule has 2 amide bonds. The van der Waals surface area contributed by atoms with Crippen LogP contribution >= 0.6 is 0 Å². The molecule has 4 N–H and O–H groups in total. The number of hydrogen-bond donors (Lipinski definition) is 3. The molecule has 0 saturated heterocycles. The van der Waals surface area contributed by atoms with Crippen molar-refractivity contribution in [2.24, 2.45) is 5.92 Å². The van der Waals surface area contributed by atoms with Crippen LogP contribution in [0, 0.1) is 5.92 Å². The predicted molar refractivity (Wildman–Crippen MR) is 139 cm³/mol. The molecule has 6 nitrogen and oxygen atoms in total. The first-order valence-electron chi connectivity index (χ1n) is 12.1. The molecule has 0 aromatic heterocycles. The van der Waals surface area contributed by atoms with Gasteiger partial charge in [-0.2, -0.15) is 0 Å². The Bertz CT molecular complexity index is 1240. The van der Waals surface area contributed by atoms with Crippen LogP contribution < -0.4 is 21.1 Å². The molecular weight excluding hydrogens is 438 g/mol. The third kappa shape index (κ3) is 6.09. The Morgan fingerprint density at radius 3 is 2.23 bits per heavy atom. The van der Waals surface area contributed by atoms with E-state index in [-0.39, 0.29) is 17.9 Å². The van der Waals surface area contributed by atoms with Crippen LogP contribution in [0.5, 0.6) is 5.75 Å². The molecular formula is C29H29N3O3. The molecule has 35 heavy (non-hydrogen) atoms. The van der Waals surface area contributed by atoms with E-state index in [1.54, 1.807) is 24.3 Å². The fourth-order valence-corrected chi connectivity index (χ4v) is 3.70. The van der Waals surface area contributed by atoms with E-state index in [0.717, 1.165) is 36.3 Å². The third-order valence-corrected chi connectivity index (χ3v) is 6.20. The lowest BCUT2D eigenvalue weighted by atomic mass is 10.0. The maximum absolute atomic E-state index is 13.0. The summed E-state index contributed by atoms with van der Waals surface area (Å²) < 4.78 is 5.84. The van der Waals surface area contributed by atoms with E-state index in [1.807, 2.05) is 54.6 Å². The van der Waals surface area contributed by atoms with Gasteiger partial charge in [-0.05, 0) is 85.2 Å². The molecule has 0 bridgehead atoms. The number of para-hydroxylation sites is 2. The molecule has 2 saturated carbocycles. The van der Waals surface area contributed by atoms with Gasteiger partial charge in [-0.25, -0.2) is 0 Å². The highest BCUT2D eigenvalue weighted by Gasteiger charge is 2.25. The molecule has 2 aliphatic carbocycles. The van der Waals surface area contributed by atoms with Crippen LogP contribution in [-0.2, 0) is 4.79 Å². The van der Waals surface area contributed by atoms with Gasteiger partial charge in [0.1, 0.15) is 5.75 Å². The summed E-state index contributed by atoms with van der Waals surface area (Å²) in [5.74, 6) is 1.16. The summed E-state index contributed by atoms with van der Waals surface area (Å²) in [4.78, 5) is 25.7. The standard InChI is InChI=1S/C29H29N3O3/c30-26-3-1-2-4-27(26)32-28(33)22-9-7-19(8-10-22)17-25(29(34)31-23-13-14-23)21-11-15-24(16-12-21)35-18-20-5-6-20/h1-4,7-12,15-17,20,23H,5-6,13-14,18,30H2,(H,31,34)(H,32,33)/b25-17+. The molecule has 0 atom stereocenters. The summed E-state index contributed by atoms with van der Waals surface area (Å²) in [6.45, 7) is 0.751. The first kappa shape index (κ1) is 22.7. The number of benzene rings is 3. The van der Waals surface area contributed by atoms with Gasteiger partial charge >= 0.3 is 0 Å². The van der Waals surface area contributed by atoms with E-state index in [0.29, 0.717) is 28.4 Å². The van der Waals surface area contributed by atoms with Crippen LogP contribution in [0.25, 0.3) is 11.6 Å². The maximum Gasteiger partial charge on any atom is 0.255 e. The Balaban J connectivity index is 1.33. The predicted octanol–water partition coefficient (Wildman–Crippen LogP) is 5.13. The zero-order valence-corrected chi connectivity index (χ0v) is 19.5. The van der Waals surface area contributed by atoms with Crippen molar-refractivity contribution in [1.29, 1.82) is 0 Å². The highest BCUT2D eigenvalue weighted by atomic mass is 16.5. The van der Waals surface area contributed by atoms with E-state index in [2.05, 4.69) is 10.6 Å². The van der Waals surface area contributed by atoms with Crippen LogP contribution in [0.1, 0.15) is 47.2 Å². The van der Waals surface area contributed by atoms with E-state index >= 15 is 0 Å². The number of hydrogen-bond acceptors (Lipinski definition) is 4. The Morgan fingerprint density at radius 1 is 0.886 bits per heavy atom. The van der Waals surface area contributed by atoms with Crippen molar-refractivity contribution in [2.75, 3.05) is 17.7 Å². The zero-order chi connectivity index (χ0) is 24.2. The first-order chi connectivity index (χ1) is 17.0. The number of rotatable bonds is 9. The number of nitrogens with two attached hydrogens (primary N) is 1. The van der Waals surface area contributed by atoms with Crippen LogP contribution in [0.4, 0.5) is 11.4 Å². The zero-order valence-electron chi connectivity index (χ0n) is 19.5. The van der Waals surface area contributed by atoms with Crippen molar-refractivity contribution in [3.63, 3.8) is 0 Å². The molecule has 3 aromatic carbocycles. The van der Waals surface area contributed by atoms with Gasteiger partial charge in [0.25, 0.3) is 11.8 Å². The number of carbonyl (C=O) groups is 2. The minimum atomic E-state index is -0.244. The number of ether oxygens (including phenoxy) is 1. The molecule has 2 fully saturated rings. The van der Waals surface area contributed by atoms with Crippen LogP contribution in [0.2, 0.25) is 0 Å². The van der Waals surface area contributed by atoms with E-state index in [4.69, 9.17) is 10.5 Å². The Kier molecular flexibility index (Phi) is 6.53. The molecule has 5 rings (SSSR count). The average Bonchev–Trinajstić information content (AvgIpc) is 3.80. The molecule has 0 heterocycles. The topological polar surface area (TPSA) is 93.5 Å². The maximum atomic E-state index is 13.0. The number of anilines is 2. The monoisotopic (exact) mass is 467 g/mol. The molecule has 6 heteroatoms. The van der Waals surface area contributed by atoms with Crippen molar-refractivity contribution in [2.45, 2.75) is 31.7 Å². The number of amides is 2. The van der Waals surface area contributed by atoms with Gasteiger partial charge in [-0.1, -0.05) is 36.4 Å². The minimum Gasteiger partial charge on any atom is -0.493 e. The molecule has 0 radical (unpaired) electrons. The van der Waals surface area contributed by atoms with Crippen molar-refractivity contribution < 1.29 is 14.3 Å². The molecule has 3 aromatic rings. The Morgan fingerprint density at radius 2 is 1.57 bits per heavy atom. The number of nitrogen functional groups attached to an aromatic ring is 1. The fourth-order valence-electron chi connectivity index (χ4n) is 3.70. The minimum absolute atomic E-state index is 0.0967. The average molecular weight is 468 g/mol. The lowest BCUT2D eigenvalue weighted by Gasteiger charge is -2.11. The largest absolute Gasteiger partial charge is 0.493 e. The summed E-state index contributed by atoms with van der Waals surface area (Å²) >= 11 is 0. The number of nitrogens with one attached hydrogen (secondary N) is 2. The van der Waals surface area contributed by atoms with Crippen LogP contribution in [0.15, 0.2) is 72.8 Å². The van der Waals surface area contributed by atoms with Crippen molar-refractivity contribution in [1.82, 2.24) is 5.32 Å². The smallest absolute Gasteiger partial charge is 0.255 e. The second-order valence-corrected chi connectivity index (χ2v) is 9.25. The lowest BCUT2D eigenvalue weighted by molar-refractivity contribution is -0.115. The van der Waals surface area contributed by atoms with E-state index in [9.17, 15) is 9.59 Å². The summed E-state index contributed by atoms with van der Waals surface area (Å²) in [5.41, 5.74) is 9.75. The van der Waals surface area contributed by atoms with Gasteiger partial charge < -0.3 is 21.1 Å². The molecule has 0 spiro atoms. The third-order valence-electron chi connectivity index (χ3n) is 6.20. The van der Waals surface area contributed by atoms with Gasteiger partial charge in [0.15, 0.2) is 0 Å². The molecule has 0 aliphatic heterocycles. The SMILES string of the molecule is Nc1ccccc1NC(=O)c1ccc(/C=C(/C(=O)NC2CC2)c2ccc(OCC3CC3)cc2)cc1. The second-order valence-electron chi connectivity index (χ2n) is 9.25. The highest BCUT2D eigenvalue weighted by molar-refractivity contribution is 6.24. The fraction of sp³-hybridized carbons (Fsp3) is 0.241. The summed E-state index contributed by atoms with van der Waals surface area (Å²) in [5, 5.41) is 5.91. The molecule has 2 aliphatic rings. The normalized spacial score (nSPS) is 15.4. The van der Waals surface area contributed by atoms with Crippen LogP contribution in [0.3, 0.4) is 0 Å². The molecule has 178 valence electrons. The quantitative estimate of drug-likeness (QED) is 0.231. The van der Waals surface area contributed by atoms with E-state index in [1.165, 1.54) is 12.8 Å². The highest BCUT2D eigenvalue weighted by Crippen LogP contribution is 2.30. The van der Waals surface area contributed by atoms with Crippen molar-refractivity contribution >= 4 is 34.8 Å². The molecule has 0 unspecified atom stereocenters. The summed E-state index contributed by atoms with van der Waals surface area (Å²) in [7, 11) is 0. The van der Waals surface area contributed by atoms with Crippen LogP contribution in [-0.4, -0.2) is 24.5 Å². The summed E-state index contributed by atoms with van der Waals surface area (Å²) in [6, 6.07) is 22.2. The van der Waals surface area contributed by atoms with Gasteiger partial charge in [0, 0.05) is 17.2 Å². The Labute approximate surface area is 205 Å². The van der Waals surface area contributed by atoms with Gasteiger partial charge in [0.2, 0.25) is 0 Å². The first-order valence-corrected chi connectivity index (χ1v) is 12.1. The van der Waals surface area contributed by atoms with Gasteiger partial charge in [-0.3, -0.25) is 9.59 Å². The summed E-state index contributed by atoms with van der Waals surface area (Å²) in [6.07, 6.45) is 6.38. The van der Waals surface area contributed by atoms with Crippen molar-refractivity contribution in [3.05, 3.63) is 89.5 Å². The number of carbonyl (C=O) groups excluding carboxylic acids is 2. The second kappa shape index (κ2) is 10.1. The van der Waals surface area contributed by atoms with E-state index < -0.39 is 0 Å². The van der Waals surface area contributed by atoms with Gasteiger partial charge in [0.05, 0.1) is 18.0 Å². The van der Waals surface area contributed by atoms with Crippen molar-refractivity contribution in [3.8, 4) is 5.75 Å². The lowest BCUT2D eigenvalue weighted by Crippen LogP contribution is -2.26. The van der Waals surface area contributed by atoms with Gasteiger partial charge in [-0.15, -0.1) is 0 Å².